The lowest BCUT2D eigenvalue weighted by molar-refractivity contribution is -0.137. The number of hydrogen-bond acceptors (Lipinski definition) is 4. The number of alkyl halides is 3. The first-order valence-corrected chi connectivity index (χ1v) is 8.69. The van der Waals surface area contributed by atoms with Crippen LogP contribution in [0.2, 0.25) is 0 Å². The molecule has 1 unspecified atom stereocenters. The van der Waals surface area contributed by atoms with Gasteiger partial charge in [0.15, 0.2) is 11.4 Å². The van der Waals surface area contributed by atoms with E-state index in [1.54, 1.807) is 0 Å². The Bertz CT molecular complexity index is 879. The number of ether oxygens (including phenoxy) is 1. The molecule has 1 aromatic carbocycles. The second kappa shape index (κ2) is 7.91. The Hall–Kier alpha value is -3.04. The van der Waals surface area contributed by atoms with Crippen molar-refractivity contribution in [1.29, 1.82) is 0 Å². The van der Waals surface area contributed by atoms with E-state index in [9.17, 15) is 22.8 Å². The van der Waals surface area contributed by atoms with Crippen LogP contribution in [0, 0.1) is 0 Å². The molecule has 3 rings (SSSR count). The van der Waals surface area contributed by atoms with E-state index in [2.05, 4.69) is 15.7 Å². The Morgan fingerprint density at radius 3 is 2.86 bits per heavy atom. The fraction of sp³-hybridized carbons (Fsp3) is 0.389. The molecule has 0 radical (unpaired) electrons. The number of methoxy groups -OCH3 is 1. The largest absolute Gasteiger partial charge is 0.493 e. The minimum absolute atomic E-state index is 0.0870. The highest BCUT2D eigenvalue weighted by molar-refractivity contribution is 5.98. The Balaban J connectivity index is 1.86. The predicted molar refractivity (Wildman–Crippen MR) is 93.2 cm³/mol. The molecule has 1 aliphatic heterocycles. The topological polar surface area (TPSA) is 85.2 Å². The maximum Gasteiger partial charge on any atom is 0.416 e. The lowest BCUT2D eigenvalue weighted by atomic mass is 10.1. The van der Waals surface area contributed by atoms with Crippen LogP contribution >= 0.6 is 0 Å². The highest BCUT2D eigenvalue weighted by Gasteiger charge is 2.31. The van der Waals surface area contributed by atoms with E-state index in [1.165, 1.54) is 25.4 Å². The predicted octanol–water partition coefficient (Wildman–Crippen LogP) is 2.30. The number of benzene rings is 1. The van der Waals surface area contributed by atoms with Gasteiger partial charge in [-0.1, -0.05) is 6.07 Å². The normalized spacial score (nSPS) is 17.6. The number of carbonyl (C=O) groups excluding carboxylic acids is 2. The maximum atomic E-state index is 12.9. The SMILES string of the molecule is COc1cn(-c2cccc(C(F)(F)F)c2)nc1C(=O)NC1CCCCNC1=O. The van der Waals surface area contributed by atoms with Gasteiger partial charge in [0.1, 0.15) is 6.04 Å². The maximum absolute atomic E-state index is 12.9. The molecular weight excluding hydrogens is 377 g/mol. The van der Waals surface area contributed by atoms with Crippen LogP contribution in [0.5, 0.6) is 5.75 Å². The van der Waals surface area contributed by atoms with Crippen LogP contribution in [0.15, 0.2) is 30.5 Å². The summed E-state index contributed by atoms with van der Waals surface area (Å²) in [5.74, 6) is -0.823. The standard InChI is InChI=1S/C18H19F3N4O3/c1-28-14-10-25(12-6-4-5-11(9-12)18(19,20)21)24-15(14)17(27)23-13-7-2-3-8-22-16(13)26/h4-6,9-10,13H,2-3,7-8H2,1H3,(H,22,26)(H,23,27). The number of hydrogen-bond donors (Lipinski definition) is 2. The van der Waals surface area contributed by atoms with Gasteiger partial charge in [-0.05, 0) is 37.5 Å². The van der Waals surface area contributed by atoms with Crippen LogP contribution in [0.3, 0.4) is 0 Å². The van der Waals surface area contributed by atoms with E-state index in [1.807, 2.05) is 0 Å². The molecule has 0 aliphatic carbocycles. The van der Waals surface area contributed by atoms with Crippen LogP contribution in [-0.4, -0.2) is 41.3 Å². The van der Waals surface area contributed by atoms with Crippen molar-refractivity contribution >= 4 is 11.8 Å². The molecule has 1 atom stereocenters. The number of aromatic nitrogens is 2. The number of amides is 2. The lowest BCUT2D eigenvalue weighted by Gasteiger charge is -2.14. The van der Waals surface area contributed by atoms with Crippen molar-refractivity contribution in [2.45, 2.75) is 31.5 Å². The minimum Gasteiger partial charge on any atom is -0.493 e. The van der Waals surface area contributed by atoms with Crippen LogP contribution in [0.1, 0.15) is 35.3 Å². The molecule has 1 fully saturated rings. The Morgan fingerprint density at radius 1 is 1.36 bits per heavy atom. The first kappa shape index (κ1) is 19.7. The number of nitrogens with one attached hydrogen (secondary N) is 2. The van der Waals surface area contributed by atoms with E-state index in [0.29, 0.717) is 13.0 Å². The third-order valence-corrected chi connectivity index (χ3v) is 4.39. The van der Waals surface area contributed by atoms with Crippen molar-refractivity contribution in [3.05, 3.63) is 41.7 Å². The average Bonchev–Trinajstić information content (AvgIpc) is 3.00. The molecule has 2 amide bonds. The third kappa shape index (κ3) is 4.26. The van der Waals surface area contributed by atoms with Crippen LogP contribution in [0.25, 0.3) is 5.69 Å². The van der Waals surface area contributed by atoms with Gasteiger partial charge in [-0.15, -0.1) is 0 Å². The fourth-order valence-corrected chi connectivity index (χ4v) is 2.93. The summed E-state index contributed by atoms with van der Waals surface area (Å²) in [6.07, 6.45) is -1.09. The zero-order valence-corrected chi connectivity index (χ0v) is 15.0. The van der Waals surface area contributed by atoms with Crippen LogP contribution in [-0.2, 0) is 11.0 Å². The monoisotopic (exact) mass is 396 g/mol. The van der Waals surface area contributed by atoms with Crippen molar-refractivity contribution in [1.82, 2.24) is 20.4 Å². The van der Waals surface area contributed by atoms with Gasteiger partial charge in [0.05, 0.1) is 24.6 Å². The lowest BCUT2D eigenvalue weighted by Crippen LogP contribution is -2.45. The van der Waals surface area contributed by atoms with Crippen molar-refractivity contribution < 1.29 is 27.5 Å². The molecule has 2 heterocycles. The first-order valence-electron chi connectivity index (χ1n) is 8.69. The molecule has 1 saturated heterocycles. The molecule has 7 nitrogen and oxygen atoms in total. The van der Waals surface area contributed by atoms with Gasteiger partial charge >= 0.3 is 6.18 Å². The van der Waals surface area contributed by atoms with Crippen LogP contribution < -0.4 is 15.4 Å². The smallest absolute Gasteiger partial charge is 0.416 e. The molecule has 1 aliphatic rings. The highest BCUT2D eigenvalue weighted by atomic mass is 19.4. The zero-order valence-electron chi connectivity index (χ0n) is 15.0. The Kier molecular flexibility index (Phi) is 5.57. The summed E-state index contributed by atoms with van der Waals surface area (Å²) in [4.78, 5) is 24.6. The molecule has 0 saturated carbocycles. The first-order chi connectivity index (χ1) is 13.3. The molecule has 0 spiro atoms. The second-order valence-corrected chi connectivity index (χ2v) is 6.35. The summed E-state index contributed by atoms with van der Waals surface area (Å²) in [6, 6.07) is 3.86. The van der Waals surface area contributed by atoms with Crippen LogP contribution in [0.4, 0.5) is 13.2 Å². The van der Waals surface area contributed by atoms with Gasteiger partial charge in [-0.2, -0.15) is 18.3 Å². The fourth-order valence-electron chi connectivity index (χ4n) is 2.93. The molecule has 2 N–H and O–H groups in total. The molecule has 0 bridgehead atoms. The molecule has 150 valence electrons. The van der Waals surface area contributed by atoms with E-state index in [0.717, 1.165) is 29.7 Å². The van der Waals surface area contributed by atoms with Gasteiger partial charge in [-0.25, -0.2) is 4.68 Å². The van der Waals surface area contributed by atoms with Crippen molar-refractivity contribution in [3.63, 3.8) is 0 Å². The van der Waals surface area contributed by atoms with Gasteiger partial charge in [0.2, 0.25) is 5.91 Å². The molecule has 2 aromatic rings. The second-order valence-electron chi connectivity index (χ2n) is 6.35. The Morgan fingerprint density at radius 2 is 2.14 bits per heavy atom. The van der Waals surface area contributed by atoms with Crippen molar-refractivity contribution in [2.75, 3.05) is 13.7 Å². The number of nitrogens with zero attached hydrogens (tertiary/aromatic N) is 2. The van der Waals surface area contributed by atoms with E-state index in [-0.39, 0.29) is 23.0 Å². The minimum atomic E-state index is -4.50. The van der Waals surface area contributed by atoms with Gasteiger partial charge in [-0.3, -0.25) is 9.59 Å². The zero-order chi connectivity index (χ0) is 20.3. The molecule has 1 aromatic heterocycles. The van der Waals surface area contributed by atoms with E-state index in [4.69, 9.17) is 4.74 Å². The van der Waals surface area contributed by atoms with Crippen molar-refractivity contribution in [3.8, 4) is 11.4 Å². The molecular formula is C18H19F3N4O3. The summed E-state index contributed by atoms with van der Waals surface area (Å²) < 4.78 is 45.1. The number of carbonyl (C=O) groups is 2. The third-order valence-electron chi connectivity index (χ3n) is 4.39. The number of halogens is 3. The van der Waals surface area contributed by atoms with E-state index < -0.39 is 23.7 Å². The summed E-state index contributed by atoms with van der Waals surface area (Å²) in [5.41, 5.74) is -0.822. The quantitative estimate of drug-likeness (QED) is 0.831. The summed E-state index contributed by atoms with van der Waals surface area (Å²) >= 11 is 0. The average molecular weight is 396 g/mol. The molecule has 10 heteroatoms. The summed E-state index contributed by atoms with van der Waals surface area (Å²) in [6.45, 7) is 0.554. The molecule has 28 heavy (non-hydrogen) atoms. The summed E-state index contributed by atoms with van der Waals surface area (Å²) in [7, 11) is 1.32. The number of rotatable bonds is 4. The summed E-state index contributed by atoms with van der Waals surface area (Å²) in [5, 5.41) is 9.40. The Labute approximate surface area is 158 Å². The van der Waals surface area contributed by atoms with Gasteiger partial charge in [0, 0.05) is 6.54 Å². The van der Waals surface area contributed by atoms with E-state index >= 15 is 0 Å². The van der Waals surface area contributed by atoms with Crippen molar-refractivity contribution in [2.24, 2.45) is 0 Å². The van der Waals surface area contributed by atoms with Gasteiger partial charge in [0.25, 0.3) is 5.91 Å². The van der Waals surface area contributed by atoms with Gasteiger partial charge < -0.3 is 15.4 Å². The highest BCUT2D eigenvalue weighted by Crippen LogP contribution is 2.30.